The van der Waals surface area contributed by atoms with Gasteiger partial charge in [0.15, 0.2) is 5.69 Å². The summed E-state index contributed by atoms with van der Waals surface area (Å²) in [6.45, 7) is 9.12. The van der Waals surface area contributed by atoms with Crippen LogP contribution in [0.25, 0.3) is 0 Å². The molecule has 1 amide bonds. The Balaban J connectivity index is 1.68. The minimum absolute atomic E-state index is 0.148. The summed E-state index contributed by atoms with van der Waals surface area (Å²) in [5.41, 5.74) is 3.01. The third-order valence-corrected chi connectivity index (χ3v) is 5.36. The number of ether oxygens (including phenoxy) is 2. The number of likely N-dealkylation sites (tertiary alicyclic amines) is 1. The van der Waals surface area contributed by atoms with Crippen molar-refractivity contribution in [3.63, 3.8) is 0 Å². The second kappa shape index (κ2) is 9.11. The van der Waals surface area contributed by atoms with Gasteiger partial charge in [-0.1, -0.05) is 23.4 Å². The first-order chi connectivity index (χ1) is 13.9. The second-order valence-electron chi connectivity index (χ2n) is 7.39. The van der Waals surface area contributed by atoms with E-state index in [1.54, 1.807) is 18.7 Å². The van der Waals surface area contributed by atoms with Crippen molar-refractivity contribution in [3.8, 4) is 5.75 Å². The average molecular weight is 400 g/mol. The largest absolute Gasteiger partial charge is 0.488 e. The Hall–Kier alpha value is -2.83. The molecule has 0 spiro atoms. The van der Waals surface area contributed by atoms with Crippen molar-refractivity contribution in [1.29, 1.82) is 0 Å². The molecule has 0 radical (unpaired) electrons. The van der Waals surface area contributed by atoms with Gasteiger partial charge < -0.3 is 18.9 Å². The molecule has 3 rings (SSSR count). The third-order valence-electron chi connectivity index (χ3n) is 5.36. The van der Waals surface area contributed by atoms with E-state index in [4.69, 9.17) is 14.0 Å². The summed E-state index contributed by atoms with van der Waals surface area (Å²) in [7, 11) is 0. The van der Waals surface area contributed by atoms with Gasteiger partial charge in [-0.2, -0.15) is 0 Å². The molecule has 156 valence electrons. The van der Waals surface area contributed by atoms with E-state index in [0.717, 1.165) is 16.9 Å². The van der Waals surface area contributed by atoms with Gasteiger partial charge in [0.05, 0.1) is 18.1 Å². The molecule has 2 aromatic rings. The Morgan fingerprint density at radius 1 is 1.17 bits per heavy atom. The Morgan fingerprint density at radius 2 is 1.83 bits per heavy atom. The number of piperidine rings is 1. The van der Waals surface area contributed by atoms with Crippen molar-refractivity contribution < 1.29 is 23.6 Å². The van der Waals surface area contributed by atoms with E-state index in [2.05, 4.69) is 5.16 Å². The fourth-order valence-electron chi connectivity index (χ4n) is 3.63. The van der Waals surface area contributed by atoms with Crippen LogP contribution in [0.4, 0.5) is 0 Å². The van der Waals surface area contributed by atoms with Crippen LogP contribution in [0, 0.1) is 26.7 Å². The lowest BCUT2D eigenvalue weighted by atomic mass is 9.96. The SMILES string of the molecule is CCOC(=O)C1CCN(C(=O)c2noc(C)c2COc2c(C)cccc2C)CC1. The number of carbonyl (C=O) groups is 2. The van der Waals surface area contributed by atoms with Crippen molar-refractivity contribution >= 4 is 11.9 Å². The molecular weight excluding hydrogens is 372 g/mol. The molecule has 0 aliphatic carbocycles. The van der Waals surface area contributed by atoms with E-state index in [0.29, 0.717) is 43.9 Å². The summed E-state index contributed by atoms with van der Waals surface area (Å²) in [5, 5.41) is 3.99. The Bertz CT molecular complexity index is 861. The monoisotopic (exact) mass is 400 g/mol. The van der Waals surface area contributed by atoms with E-state index in [9.17, 15) is 9.59 Å². The van der Waals surface area contributed by atoms with Crippen LogP contribution in [-0.4, -0.2) is 41.6 Å². The predicted octanol–water partition coefficient (Wildman–Crippen LogP) is 3.59. The number of para-hydroxylation sites is 1. The minimum atomic E-state index is -0.190. The number of rotatable bonds is 6. The molecule has 0 saturated carbocycles. The first kappa shape index (κ1) is 20.9. The first-order valence-corrected chi connectivity index (χ1v) is 10.0. The smallest absolute Gasteiger partial charge is 0.309 e. The lowest BCUT2D eigenvalue weighted by Gasteiger charge is -2.30. The molecule has 29 heavy (non-hydrogen) atoms. The first-order valence-electron chi connectivity index (χ1n) is 10.0. The number of nitrogens with zero attached hydrogens (tertiary/aromatic N) is 2. The van der Waals surface area contributed by atoms with Crippen molar-refractivity contribution in [2.45, 2.75) is 47.1 Å². The van der Waals surface area contributed by atoms with Gasteiger partial charge in [-0.15, -0.1) is 0 Å². The van der Waals surface area contributed by atoms with Crippen molar-refractivity contribution in [3.05, 3.63) is 46.3 Å². The van der Waals surface area contributed by atoms with Gasteiger partial charge in [0, 0.05) is 13.1 Å². The fourth-order valence-corrected chi connectivity index (χ4v) is 3.63. The standard InChI is InChI=1S/C22H28N2O5/c1-5-27-22(26)17-9-11-24(12-10-17)21(25)19-18(16(4)29-23-19)13-28-20-14(2)7-6-8-15(20)3/h6-8,17H,5,9-13H2,1-4H3. The van der Waals surface area contributed by atoms with Crippen LogP contribution >= 0.6 is 0 Å². The van der Waals surface area contributed by atoms with Crippen molar-refractivity contribution in [2.75, 3.05) is 19.7 Å². The van der Waals surface area contributed by atoms with Crippen LogP contribution in [-0.2, 0) is 16.1 Å². The molecular formula is C22H28N2O5. The van der Waals surface area contributed by atoms with Crippen LogP contribution < -0.4 is 4.74 Å². The number of aryl methyl sites for hydroxylation is 3. The summed E-state index contributed by atoms with van der Waals surface area (Å²) >= 11 is 0. The van der Waals surface area contributed by atoms with Gasteiger partial charge in [-0.25, -0.2) is 0 Å². The number of hydrogen-bond donors (Lipinski definition) is 0. The highest BCUT2D eigenvalue weighted by Crippen LogP contribution is 2.26. The average Bonchev–Trinajstić information content (AvgIpc) is 3.08. The van der Waals surface area contributed by atoms with Gasteiger partial charge in [0.25, 0.3) is 5.91 Å². The van der Waals surface area contributed by atoms with Crippen LogP contribution in [0.15, 0.2) is 22.7 Å². The van der Waals surface area contributed by atoms with Crippen molar-refractivity contribution in [1.82, 2.24) is 10.1 Å². The Morgan fingerprint density at radius 3 is 2.45 bits per heavy atom. The molecule has 0 unspecified atom stereocenters. The van der Waals surface area contributed by atoms with E-state index in [1.807, 2.05) is 32.0 Å². The van der Waals surface area contributed by atoms with Gasteiger partial charge in [-0.3, -0.25) is 9.59 Å². The molecule has 0 N–H and O–H groups in total. The van der Waals surface area contributed by atoms with E-state index in [1.165, 1.54) is 0 Å². The molecule has 2 heterocycles. The number of esters is 1. The van der Waals surface area contributed by atoms with Gasteiger partial charge in [0.1, 0.15) is 18.1 Å². The number of carbonyl (C=O) groups excluding carboxylic acids is 2. The predicted molar refractivity (Wildman–Crippen MR) is 107 cm³/mol. The molecule has 1 aliphatic rings. The number of benzene rings is 1. The molecule has 0 atom stereocenters. The zero-order chi connectivity index (χ0) is 21.0. The topological polar surface area (TPSA) is 81.9 Å². The summed E-state index contributed by atoms with van der Waals surface area (Å²) in [5.74, 6) is 0.858. The molecule has 1 aliphatic heterocycles. The Kier molecular flexibility index (Phi) is 6.56. The Labute approximate surface area is 171 Å². The highest BCUT2D eigenvalue weighted by atomic mass is 16.5. The molecule has 1 aromatic carbocycles. The molecule has 1 fully saturated rings. The maximum absolute atomic E-state index is 13.0. The van der Waals surface area contributed by atoms with E-state index in [-0.39, 0.29) is 30.1 Å². The van der Waals surface area contributed by atoms with E-state index >= 15 is 0 Å². The molecule has 0 bridgehead atoms. The summed E-state index contributed by atoms with van der Waals surface area (Å²) in [4.78, 5) is 26.6. The summed E-state index contributed by atoms with van der Waals surface area (Å²) in [6, 6.07) is 5.96. The third kappa shape index (κ3) is 4.60. The van der Waals surface area contributed by atoms with Crippen molar-refractivity contribution in [2.24, 2.45) is 5.92 Å². The highest BCUT2D eigenvalue weighted by molar-refractivity contribution is 5.94. The molecule has 1 aromatic heterocycles. The maximum Gasteiger partial charge on any atom is 0.309 e. The second-order valence-corrected chi connectivity index (χ2v) is 7.39. The quantitative estimate of drug-likeness (QED) is 0.689. The molecule has 1 saturated heterocycles. The van der Waals surface area contributed by atoms with Crippen LogP contribution in [0.1, 0.15) is 52.7 Å². The highest BCUT2D eigenvalue weighted by Gasteiger charge is 2.31. The number of aromatic nitrogens is 1. The van der Waals surface area contributed by atoms with Gasteiger partial charge in [0.2, 0.25) is 0 Å². The number of hydrogen-bond acceptors (Lipinski definition) is 6. The lowest BCUT2D eigenvalue weighted by Crippen LogP contribution is -2.41. The molecule has 7 nitrogen and oxygen atoms in total. The lowest BCUT2D eigenvalue weighted by molar-refractivity contribution is -0.149. The zero-order valence-corrected chi connectivity index (χ0v) is 17.5. The van der Waals surface area contributed by atoms with Gasteiger partial charge in [-0.05, 0) is 51.7 Å². The van der Waals surface area contributed by atoms with Gasteiger partial charge >= 0.3 is 5.97 Å². The van der Waals surface area contributed by atoms with Crippen LogP contribution in [0.2, 0.25) is 0 Å². The van der Waals surface area contributed by atoms with Crippen LogP contribution in [0.3, 0.4) is 0 Å². The van der Waals surface area contributed by atoms with Crippen LogP contribution in [0.5, 0.6) is 5.75 Å². The fraction of sp³-hybridized carbons (Fsp3) is 0.500. The maximum atomic E-state index is 13.0. The molecule has 7 heteroatoms. The normalized spacial score (nSPS) is 14.7. The minimum Gasteiger partial charge on any atom is -0.488 e. The number of amides is 1. The summed E-state index contributed by atoms with van der Waals surface area (Å²) in [6.07, 6.45) is 1.19. The summed E-state index contributed by atoms with van der Waals surface area (Å²) < 4.78 is 16.4. The van der Waals surface area contributed by atoms with E-state index < -0.39 is 0 Å². The zero-order valence-electron chi connectivity index (χ0n) is 17.5.